The maximum atomic E-state index is 9.43. The van der Waals surface area contributed by atoms with Crippen molar-refractivity contribution in [3.05, 3.63) is 102 Å². The predicted molar refractivity (Wildman–Crippen MR) is 105 cm³/mol. The molecule has 0 aliphatic carbocycles. The van der Waals surface area contributed by atoms with Gasteiger partial charge < -0.3 is 10.0 Å². The first-order chi connectivity index (χ1) is 12.3. The van der Waals surface area contributed by atoms with Gasteiger partial charge in [0, 0.05) is 18.8 Å². The van der Waals surface area contributed by atoms with Crippen LogP contribution >= 0.6 is 0 Å². The zero-order valence-electron chi connectivity index (χ0n) is 14.7. The zero-order chi connectivity index (χ0) is 17.5. The molecule has 0 radical (unpaired) electrons. The predicted octanol–water partition coefficient (Wildman–Crippen LogP) is 4.97. The second-order valence-electron chi connectivity index (χ2n) is 6.28. The molecule has 3 aromatic carbocycles. The van der Waals surface area contributed by atoms with E-state index >= 15 is 0 Å². The van der Waals surface area contributed by atoms with Crippen molar-refractivity contribution in [2.24, 2.45) is 0 Å². The number of benzene rings is 3. The summed E-state index contributed by atoms with van der Waals surface area (Å²) < 4.78 is 0. The van der Waals surface area contributed by atoms with Crippen LogP contribution in [0.1, 0.15) is 29.2 Å². The molecule has 0 atom stereocenters. The summed E-state index contributed by atoms with van der Waals surface area (Å²) in [5.41, 5.74) is 4.98. The molecule has 0 bridgehead atoms. The van der Waals surface area contributed by atoms with Crippen molar-refractivity contribution in [2.75, 3.05) is 18.1 Å². The highest BCUT2D eigenvalue weighted by Crippen LogP contribution is 2.34. The van der Waals surface area contributed by atoms with Crippen molar-refractivity contribution in [3.8, 4) is 0 Å². The third-order valence-electron chi connectivity index (χ3n) is 4.52. The van der Waals surface area contributed by atoms with Gasteiger partial charge in [0.05, 0.1) is 6.04 Å². The highest BCUT2D eigenvalue weighted by atomic mass is 16.3. The van der Waals surface area contributed by atoms with E-state index in [0.717, 1.165) is 13.0 Å². The Hall–Kier alpha value is -2.58. The Kier molecular flexibility index (Phi) is 5.86. The van der Waals surface area contributed by atoms with E-state index in [9.17, 15) is 5.11 Å². The number of nitrogens with zero attached hydrogens (tertiary/aromatic N) is 1. The number of aliphatic hydroxyl groups excluding tert-OH is 1. The van der Waals surface area contributed by atoms with Gasteiger partial charge >= 0.3 is 0 Å². The normalized spacial score (nSPS) is 10.8. The molecule has 0 aliphatic heterocycles. The molecule has 0 fully saturated rings. The van der Waals surface area contributed by atoms with Gasteiger partial charge in [0.15, 0.2) is 0 Å². The fraction of sp³-hybridized carbons (Fsp3) is 0.217. The van der Waals surface area contributed by atoms with Crippen LogP contribution in [0.25, 0.3) is 0 Å². The molecule has 0 aliphatic rings. The fourth-order valence-electron chi connectivity index (χ4n) is 3.34. The quantitative estimate of drug-likeness (QED) is 0.660. The van der Waals surface area contributed by atoms with Crippen LogP contribution < -0.4 is 4.90 Å². The first kappa shape index (κ1) is 17.2. The average molecular weight is 331 g/mol. The number of aryl methyl sites for hydroxylation is 1. The number of para-hydroxylation sites is 1. The lowest BCUT2D eigenvalue weighted by Crippen LogP contribution is -2.31. The summed E-state index contributed by atoms with van der Waals surface area (Å²) in [7, 11) is 0. The van der Waals surface area contributed by atoms with Crippen molar-refractivity contribution in [2.45, 2.75) is 19.4 Å². The lowest BCUT2D eigenvalue weighted by Gasteiger charge is -2.35. The third-order valence-corrected chi connectivity index (χ3v) is 4.52. The van der Waals surface area contributed by atoms with Crippen molar-refractivity contribution in [1.82, 2.24) is 0 Å². The van der Waals surface area contributed by atoms with E-state index in [1.54, 1.807) is 0 Å². The molecule has 3 aromatic rings. The lowest BCUT2D eigenvalue weighted by atomic mass is 9.95. The van der Waals surface area contributed by atoms with E-state index in [4.69, 9.17) is 0 Å². The highest BCUT2D eigenvalue weighted by molar-refractivity contribution is 5.57. The van der Waals surface area contributed by atoms with Crippen LogP contribution in [0.5, 0.6) is 0 Å². The highest BCUT2D eigenvalue weighted by Gasteiger charge is 2.23. The minimum Gasteiger partial charge on any atom is -0.396 e. The van der Waals surface area contributed by atoms with Gasteiger partial charge in [-0.15, -0.1) is 0 Å². The molecule has 0 heterocycles. The van der Waals surface area contributed by atoms with Crippen LogP contribution in [0.3, 0.4) is 0 Å². The third kappa shape index (κ3) is 4.09. The molecule has 0 amide bonds. The van der Waals surface area contributed by atoms with Gasteiger partial charge in [0.2, 0.25) is 0 Å². The van der Waals surface area contributed by atoms with Gasteiger partial charge in [-0.25, -0.2) is 0 Å². The first-order valence-electron chi connectivity index (χ1n) is 8.84. The molecule has 1 N–H and O–H groups in total. The van der Waals surface area contributed by atoms with Gasteiger partial charge in [0.1, 0.15) is 0 Å². The van der Waals surface area contributed by atoms with E-state index in [0.29, 0.717) is 0 Å². The molecular formula is C23H25NO. The Morgan fingerprint density at radius 1 is 0.760 bits per heavy atom. The number of rotatable bonds is 7. The van der Waals surface area contributed by atoms with Gasteiger partial charge in [-0.05, 0) is 36.1 Å². The lowest BCUT2D eigenvalue weighted by molar-refractivity contribution is 0.288. The van der Waals surface area contributed by atoms with Crippen LogP contribution in [0.2, 0.25) is 0 Å². The summed E-state index contributed by atoms with van der Waals surface area (Å²) in [4.78, 5) is 2.41. The van der Waals surface area contributed by atoms with Crippen LogP contribution in [0.4, 0.5) is 5.69 Å². The minimum atomic E-state index is 0.120. The molecule has 128 valence electrons. The zero-order valence-corrected chi connectivity index (χ0v) is 14.7. The Labute approximate surface area is 150 Å². The van der Waals surface area contributed by atoms with Crippen molar-refractivity contribution in [3.63, 3.8) is 0 Å². The van der Waals surface area contributed by atoms with Crippen LogP contribution in [-0.2, 0) is 0 Å². The van der Waals surface area contributed by atoms with Gasteiger partial charge in [0.25, 0.3) is 0 Å². The van der Waals surface area contributed by atoms with Gasteiger partial charge in [-0.1, -0.05) is 78.9 Å². The van der Waals surface area contributed by atoms with Crippen molar-refractivity contribution in [1.29, 1.82) is 0 Å². The van der Waals surface area contributed by atoms with Gasteiger partial charge in [-0.2, -0.15) is 0 Å². The Balaban J connectivity index is 2.11. The maximum absolute atomic E-state index is 9.43. The summed E-state index contributed by atoms with van der Waals surface area (Å²) in [6.45, 7) is 3.14. The summed E-state index contributed by atoms with van der Waals surface area (Å²) >= 11 is 0. The standard InChI is InChI=1S/C23H25NO/c1-19-11-8-9-16-22(19)24(17-10-18-25)23(20-12-4-2-5-13-20)21-14-6-3-7-15-21/h2-9,11-16,23,25H,10,17-18H2,1H3. The molecule has 0 unspecified atom stereocenters. The maximum Gasteiger partial charge on any atom is 0.0796 e. The van der Waals surface area contributed by atoms with Crippen molar-refractivity contribution < 1.29 is 5.11 Å². The minimum absolute atomic E-state index is 0.120. The SMILES string of the molecule is Cc1ccccc1N(CCCO)C(c1ccccc1)c1ccccc1. The number of hydrogen-bond acceptors (Lipinski definition) is 2. The second kappa shape index (κ2) is 8.50. The molecule has 0 saturated carbocycles. The smallest absolute Gasteiger partial charge is 0.0796 e. The van der Waals surface area contributed by atoms with E-state index in [1.165, 1.54) is 22.4 Å². The first-order valence-corrected chi connectivity index (χ1v) is 8.84. The van der Waals surface area contributed by atoms with E-state index in [2.05, 4.69) is 96.8 Å². The molecule has 3 rings (SSSR count). The fourth-order valence-corrected chi connectivity index (χ4v) is 3.34. The summed E-state index contributed by atoms with van der Waals surface area (Å²) in [6.07, 6.45) is 0.741. The van der Waals surface area contributed by atoms with Crippen LogP contribution in [0.15, 0.2) is 84.9 Å². The van der Waals surface area contributed by atoms with E-state index < -0.39 is 0 Å². The Morgan fingerprint density at radius 2 is 1.28 bits per heavy atom. The Morgan fingerprint density at radius 3 is 1.80 bits per heavy atom. The molecule has 0 spiro atoms. The molecule has 0 aromatic heterocycles. The monoisotopic (exact) mass is 331 g/mol. The van der Waals surface area contributed by atoms with Gasteiger partial charge in [-0.3, -0.25) is 0 Å². The summed E-state index contributed by atoms with van der Waals surface area (Å²) in [6, 6.07) is 29.8. The summed E-state index contributed by atoms with van der Waals surface area (Å²) in [5, 5.41) is 9.43. The molecule has 2 nitrogen and oxygen atoms in total. The van der Waals surface area contributed by atoms with Crippen molar-refractivity contribution >= 4 is 5.69 Å². The molecule has 0 saturated heterocycles. The number of anilines is 1. The number of hydrogen-bond donors (Lipinski definition) is 1. The molecule has 2 heteroatoms. The second-order valence-corrected chi connectivity index (χ2v) is 6.28. The Bertz CT molecular complexity index is 731. The topological polar surface area (TPSA) is 23.5 Å². The molecular weight excluding hydrogens is 306 g/mol. The summed E-state index contributed by atoms with van der Waals surface area (Å²) in [5.74, 6) is 0. The number of aliphatic hydroxyl groups is 1. The van der Waals surface area contributed by atoms with E-state index in [1.807, 2.05) is 0 Å². The van der Waals surface area contributed by atoms with E-state index in [-0.39, 0.29) is 12.6 Å². The molecule has 25 heavy (non-hydrogen) atoms. The largest absolute Gasteiger partial charge is 0.396 e. The average Bonchev–Trinajstić information content (AvgIpc) is 2.67. The van der Waals surface area contributed by atoms with Crippen LogP contribution in [0, 0.1) is 6.92 Å². The van der Waals surface area contributed by atoms with Crippen LogP contribution in [-0.4, -0.2) is 18.3 Å².